The Morgan fingerprint density at radius 1 is 1.67 bits per heavy atom. The summed E-state index contributed by atoms with van der Waals surface area (Å²) in [6, 6.07) is 4.05. The summed E-state index contributed by atoms with van der Waals surface area (Å²) in [5, 5.41) is 0. The van der Waals surface area contributed by atoms with Crippen LogP contribution in [0.15, 0.2) is 15.9 Å². The lowest BCUT2D eigenvalue weighted by atomic mass is 10.4. The molecule has 0 bridgehead atoms. The van der Waals surface area contributed by atoms with E-state index in [-0.39, 0.29) is 0 Å². The summed E-state index contributed by atoms with van der Waals surface area (Å²) in [6.07, 6.45) is 5.86. The lowest BCUT2D eigenvalue weighted by Gasteiger charge is -1.80. The van der Waals surface area contributed by atoms with Gasteiger partial charge in [0.25, 0.3) is 0 Å². The maximum Gasteiger partial charge on any atom is 0.0701 e. The van der Waals surface area contributed by atoms with E-state index < -0.39 is 0 Å². The van der Waals surface area contributed by atoms with Crippen LogP contribution in [0.4, 0.5) is 0 Å². The first-order valence-electron chi connectivity index (χ1n) is 2.50. The maximum absolute atomic E-state index is 5.11. The molecule has 1 heterocycles. The molecule has 0 unspecified atom stereocenters. The molecule has 0 nitrogen and oxygen atoms in total. The van der Waals surface area contributed by atoms with Crippen LogP contribution in [0.2, 0.25) is 0 Å². The summed E-state index contributed by atoms with van der Waals surface area (Å²) >= 11 is 5.04. The summed E-state index contributed by atoms with van der Waals surface area (Å²) in [6.45, 7) is 0. The van der Waals surface area contributed by atoms with Crippen molar-refractivity contribution in [3.05, 3.63) is 20.8 Å². The summed E-state index contributed by atoms with van der Waals surface area (Å²) in [4.78, 5) is 1.24. The minimum atomic E-state index is 0.746. The van der Waals surface area contributed by atoms with Crippen LogP contribution in [0.3, 0.4) is 0 Å². The summed E-state index contributed by atoms with van der Waals surface area (Å²) in [7, 11) is 0. The fourth-order valence-electron chi connectivity index (χ4n) is 0.547. The van der Waals surface area contributed by atoms with Crippen molar-refractivity contribution in [3.63, 3.8) is 0 Å². The third kappa shape index (κ3) is 1.85. The van der Waals surface area contributed by atoms with E-state index in [0.717, 1.165) is 10.2 Å². The third-order valence-electron chi connectivity index (χ3n) is 0.905. The number of thiophene rings is 1. The molecule has 0 atom stereocenters. The van der Waals surface area contributed by atoms with Gasteiger partial charge < -0.3 is 0 Å². The van der Waals surface area contributed by atoms with Crippen LogP contribution in [0.25, 0.3) is 0 Å². The van der Waals surface area contributed by atoms with Gasteiger partial charge in [-0.25, -0.2) is 0 Å². The van der Waals surface area contributed by atoms with Gasteiger partial charge in [-0.15, -0.1) is 23.7 Å². The second-order valence-electron chi connectivity index (χ2n) is 1.59. The number of hydrogen-bond donors (Lipinski definition) is 0. The van der Waals surface area contributed by atoms with Crippen LogP contribution in [-0.4, -0.2) is 0 Å². The van der Waals surface area contributed by atoms with Crippen LogP contribution in [0.1, 0.15) is 4.88 Å². The Morgan fingerprint density at radius 3 is 2.89 bits per heavy atom. The Balaban J connectivity index is 2.76. The zero-order valence-electron chi connectivity index (χ0n) is 4.73. The molecule has 0 saturated heterocycles. The van der Waals surface area contributed by atoms with Gasteiger partial charge in [-0.3, -0.25) is 0 Å². The largest absolute Gasteiger partial charge is 0.132 e. The standard InChI is InChI=1S/C7H5BrS/c1-2-3-6-4-5-7(8)9-6/h1,4-5H,3H2. The average Bonchev–Trinajstić information content (AvgIpc) is 2.17. The van der Waals surface area contributed by atoms with E-state index in [9.17, 15) is 0 Å². The molecular formula is C7H5BrS. The highest BCUT2D eigenvalue weighted by Gasteiger charge is 1.92. The van der Waals surface area contributed by atoms with Crippen LogP contribution in [0, 0.1) is 12.3 Å². The molecule has 0 saturated carbocycles. The fraction of sp³-hybridized carbons (Fsp3) is 0.143. The van der Waals surface area contributed by atoms with Gasteiger partial charge >= 0.3 is 0 Å². The van der Waals surface area contributed by atoms with Gasteiger partial charge in [-0.05, 0) is 28.1 Å². The van der Waals surface area contributed by atoms with Crippen molar-refractivity contribution in [3.8, 4) is 12.3 Å². The Labute approximate surface area is 67.0 Å². The molecule has 1 rings (SSSR count). The van der Waals surface area contributed by atoms with Crippen molar-refractivity contribution < 1.29 is 0 Å². The first-order valence-corrected chi connectivity index (χ1v) is 4.11. The minimum absolute atomic E-state index is 0.746. The van der Waals surface area contributed by atoms with Crippen LogP contribution in [0.5, 0.6) is 0 Å². The molecule has 0 aliphatic heterocycles. The van der Waals surface area contributed by atoms with Gasteiger partial charge in [0, 0.05) is 11.3 Å². The number of halogens is 1. The first-order chi connectivity index (χ1) is 4.33. The molecule has 0 spiro atoms. The molecule has 2 heteroatoms. The molecule has 0 N–H and O–H groups in total. The molecule has 46 valence electrons. The van der Waals surface area contributed by atoms with Crippen LogP contribution >= 0.6 is 27.3 Å². The van der Waals surface area contributed by atoms with E-state index in [1.54, 1.807) is 11.3 Å². The zero-order valence-corrected chi connectivity index (χ0v) is 7.13. The van der Waals surface area contributed by atoms with Crippen molar-refractivity contribution in [2.75, 3.05) is 0 Å². The number of rotatable bonds is 1. The molecular weight excluding hydrogens is 196 g/mol. The predicted octanol–water partition coefficient (Wildman–Crippen LogP) is 2.69. The predicted molar refractivity (Wildman–Crippen MR) is 44.6 cm³/mol. The SMILES string of the molecule is C#CCc1ccc(Br)s1. The topological polar surface area (TPSA) is 0 Å². The summed E-state index contributed by atoms with van der Waals surface area (Å²) in [5.41, 5.74) is 0. The Morgan fingerprint density at radius 2 is 2.44 bits per heavy atom. The van der Waals surface area contributed by atoms with E-state index >= 15 is 0 Å². The molecule has 0 amide bonds. The second-order valence-corrected chi connectivity index (χ2v) is 4.13. The molecule has 1 aromatic heterocycles. The van der Waals surface area contributed by atoms with Gasteiger partial charge in [-0.2, -0.15) is 0 Å². The lowest BCUT2D eigenvalue weighted by Crippen LogP contribution is -1.67. The summed E-state index contributed by atoms with van der Waals surface area (Å²) in [5.74, 6) is 2.59. The molecule has 0 radical (unpaired) electrons. The smallest absolute Gasteiger partial charge is 0.0701 e. The highest BCUT2D eigenvalue weighted by Crippen LogP contribution is 2.21. The van der Waals surface area contributed by atoms with Gasteiger partial charge in [0.05, 0.1) is 3.79 Å². The second kappa shape index (κ2) is 3.05. The van der Waals surface area contributed by atoms with Crippen molar-refractivity contribution in [1.29, 1.82) is 0 Å². The average molecular weight is 201 g/mol. The van der Waals surface area contributed by atoms with E-state index in [1.165, 1.54) is 4.88 Å². The number of terminal acetylenes is 1. The molecule has 9 heavy (non-hydrogen) atoms. The monoisotopic (exact) mass is 200 g/mol. The van der Waals surface area contributed by atoms with Crippen molar-refractivity contribution in [2.24, 2.45) is 0 Å². The normalized spacial score (nSPS) is 8.89. The Hall–Kier alpha value is -0.260. The Bertz CT molecular complexity index is 231. The van der Waals surface area contributed by atoms with Crippen LogP contribution < -0.4 is 0 Å². The van der Waals surface area contributed by atoms with Crippen molar-refractivity contribution in [2.45, 2.75) is 6.42 Å². The highest BCUT2D eigenvalue weighted by atomic mass is 79.9. The fourth-order valence-corrected chi connectivity index (χ4v) is 1.98. The first kappa shape index (κ1) is 6.85. The van der Waals surface area contributed by atoms with Crippen LogP contribution in [-0.2, 0) is 6.42 Å². The Kier molecular flexibility index (Phi) is 2.32. The molecule has 0 aromatic carbocycles. The number of hydrogen-bond acceptors (Lipinski definition) is 1. The molecule has 0 fully saturated rings. The van der Waals surface area contributed by atoms with E-state index in [4.69, 9.17) is 6.42 Å². The van der Waals surface area contributed by atoms with E-state index in [1.807, 2.05) is 12.1 Å². The molecule has 1 aromatic rings. The molecule has 0 aliphatic carbocycles. The third-order valence-corrected chi connectivity index (χ3v) is 2.53. The van der Waals surface area contributed by atoms with Crippen molar-refractivity contribution in [1.82, 2.24) is 0 Å². The van der Waals surface area contributed by atoms with Gasteiger partial charge in [0.2, 0.25) is 0 Å². The molecule has 0 aliphatic rings. The highest BCUT2D eigenvalue weighted by molar-refractivity contribution is 9.11. The lowest BCUT2D eigenvalue weighted by molar-refractivity contribution is 1.41. The van der Waals surface area contributed by atoms with Gasteiger partial charge in [0.15, 0.2) is 0 Å². The van der Waals surface area contributed by atoms with Gasteiger partial charge in [-0.1, -0.05) is 0 Å². The minimum Gasteiger partial charge on any atom is -0.132 e. The van der Waals surface area contributed by atoms with Gasteiger partial charge in [0.1, 0.15) is 0 Å². The zero-order chi connectivity index (χ0) is 6.69. The quantitative estimate of drug-likeness (QED) is 0.612. The van der Waals surface area contributed by atoms with Crippen molar-refractivity contribution >= 4 is 27.3 Å². The van der Waals surface area contributed by atoms with E-state index in [2.05, 4.69) is 21.9 Å². The summed E-state index contributed by atoms with van der Waals surface area (Å²) < 4.78 is 1.15. The maximum atomic E-state index is 5.11. The van der Waals surface area contributed by atoms with E-state index in [0.29, 0.717) is 0 Å².